The molecule has 74 valence electrons. The summed E-state index contributed by atoms with van der Waals surface area (Å²) in [6.07, 6.45) is -3.23. The Kier molecular flexibility index (Phi) is 5.63. The Morgan fingerprint density at radius 3 is 2.00 bits per heavy atom. The minimum Gasteiger partial charge on any atom is -0.477 e. The molecule has 0 saturated carbocycles. The van der Waals surface area contributed by atoms with Crippen molar-refractivity contribution in [2.75, 3.05) is 0 Å². The summed E-state index contributed by atoms with van der Waals surface area (Å²) in [5.41, 5.74) is 0.715. The van der Waals surface area contributed by atoms with Crippen LogP contribution in [-0.4, -0.2) is 17.5 Å². The van der Waals surface area contributed by atoms with Crippen LogP contribution in [0.1, 0.15) is 5.56 Å². The van der Waals surface area contributed by atoms with Crippen molar-refractivity contribution in [2.45, 2.75) is 6.43 Å². The fraction of sp³-hybridized carbons (Fsp3) is 0.111. The second-order valence-corrected chi connectivity index (χ2v) is 2.12. The van der Waals surface area contributed by atoms with Crippen LogP contribution in [0.25, 0.3) is 0 Å². The van der Waals surface area contributed by atoms with E-state index in [-0.39, 0.29) is 0 Å². The van der Waals surface area contributed by atoms with Crippen LogP contribution in [0.15, 0.2) is 30.3 Å². The van der Waals surface area contributed by atoms with Crippen LogP contribution in [0, 0.1) is 11.3 Å². The van der Waals surface area contributed by atoms with E-state index in [1.54, 1.807) is 12.1 Å². The molecule has 0 aliphatic heterocycles. The average Bonchev–Trinajstić information content (AvgIpc) is 2.20. The summed E-state index contributed by atoms with van der Waals surface area (Å²) in [6, 6.07) is 11.2. The van der Waals surface area contributed by atoms with E-state index in [1.807, 2.05) is 24.3 Å². The van der Waals surface area contributed by atoms with Gasteiger partial charge in [0, 0.05) is 0 Å². The molecule has 1 N–H and O–H groups in total. The van der Waals surface area contributed by atoms with Gasteiger partial charge in [-0.15, -0.1) is 0 Å². The number of nitrogens with zero attached hydrogens (tertiary/aromatic N) is 1. The van der Waals surface area contributed by atoms with Crippen LogP contribution in [0.5, 0.6) is 0 Å². The topological polar surface area (TPSA) is 61.1 Å². The molecule has 0 atom stereocenters. The van der Waals surface area contributed by atoms with Crippen molar-refractivity contribution in [2.24, 2.45) is 0 Å². The van der Waals surface area contributed by atoms with Gasteiger partial charge in [-0.2, -0.15) is 14.0 Å². The van der Waals surface area contributed by atoms with Crippen molar-refractivity contribution in [1.29, 1.82) is 5.26 Å². The molecular formula is C9H7F2NO2. The zero-order chi connectivity index (χ0) is 11.0. The van der Waals surface area contributed by atoms with Crippen LogP contribution < -0.4 is 0 Å². The van der Waals surface area contributed by atoms with E-state index in [9.17, 15) is 8.78 Å². The maximum atomic E-state index is 10.6. The first-order valence-corrected chi connectivity index (χ1v) is 3.54. The van der Waals surface area contributed by atoms with Crippen molar-refractivity contribution >= 4 is 5.97 Å². The van der Waals surface area contributed by atoms with E-state index in [1.165, 1.54) is 0 Å². The molecule has 0 aromatic heterocycles. The number of carboxylic acids is 1. The van der Waals surface area contributed by atoms with Gasteiger partial charge >= 0.3 is 12.4 Å². The number of halogens is 2. The van der Waals surface area contributed by atoms with Crippen LogP contribution in [-0.2, 0) is 4.79 Å². The maximum absolute atomic E-state index is 10.6. The Morgan fingerprint density at radius 1 is 1.36 bits per heavy atom. The lowest BCUT2D eigenvalue weighted by molar-refractivity contribution is -0.149. The molecule has 1 aromatic rings. The lowest BCUT2D eigenvalue weighted by Gasteiger charge is -1.81. The van der Waals surface area contributed by atoms with E-state index in [0.717, 1.165) is 0 Å². The monoisotopic (exact) mass is 199 g/mol. The van der Waals surface area contributed by atoms with Gasteiger partial charge in [-0.05, 0) is 12.1 Å². The first-order valence-electron chi connectivity index (χ1n) is 3.54. The SMILES string of the molecule is N#Cc1ccccc1.O=C(O)C(F)F. The van der Waals surface area contributed by atoms with Crippen LogP contribution in [0.2, 0.25) is 0 Å². The summed E-state index contributed by atoms with van der Waals surface area (Å²) >= 11 is 0. The van der Waals surface area contributed by atoms with Crippen molar-refractivity contribution in [1.82, 2.24) is 0 Å². The maximum Gasteiger partial charge on any atom is 0.371 e. The van der Waals surface area contributed by atoms with E-state index in [0.29, 0.717) is 5.56 Å². The molecule has 0 saturated heterocycles. The second kappa shape index (κ2) is 6.54. The van der Waals surface area contributed by atoms with Crippen molar-refractivity contribution in [3.8, 4) is 6.07 Å². The third kappa shape index (κ3) is 5.66. The predicted octanol–water partition coefficient (Wildman–Crippen LogP) is 1.89. The predicted molar refractivity (Wildman–Crippen MR) is 44.8 cm³/mol. The highest BCUT2D eigenvalue weighted by Gasteiger charge is 2.10. The van der Waals surface area contributed by atoms with Gasteiger partial charge in [0.25, 0.3) is 0 Å². The molecule has 1 rings (SSSR count). The van der Waals surface area contributed by atoms with Gasteiger partial charge in [-0.25, -0.2) is 4.79 Å². The van der Waals surface area contributed by atoms with Crippen LogP contribution >= 0.6 is 0 Å². The number of alkyl halides is 2. The fourth-order valence-corrected chi connectivity index (χ4v) is 0.513. The molecule has 0 aliphatic carbocycles. The third-order valence-corrected chi connectivity index (χ3v) is 1.09. The molecule has 3 nitrogen and oxygen atoms in total. The van der Waals surface area contributed by atoms with Gasteiger partial charge in [-0.3, -0.25) is 0 Å². The molecule has 0 fully saturated rings. The summed E-state index contributed by atoms with van der Waals surface area (Å²) < 4.78 is 21.1. The lowest BCUT2D eigenvalue weighted by atomic mass is 10.2. The summed E-state index contributed by atoms with van der Waals surface area (Å²) in [7, 11) is 0. The Hall–Kier alpha value is -1.96. The molecule has 0 bridgehead atoms. The van der Waals surface area contributed by atoms with Crippen molar-refractivity contribution in [3.63, 3.8) is 0 Å². The van der Waals surface area contributed by atoms with Crippen LogP contribution in [0.4, 0.5) is 8.78 Å². The van der Waals surface area contributed by atoms with E-state index < -0.39 is 12.4 Å². The Balaban J connectivity index is 0.000000255. The number of hydrogen-bond acceptors (Lipinski definition) is 2. The van der Waals surface area contributed by atoms with E-state index >= 15 is 0 Å². The Morgan fingerprint density at radius 2 is 1.79 bits per heavy atom. The van der Waals surface area contributed by atoms with Gasteiger partial charge in [0.05, 0.1) is 11.6 Å². The largest absolute Gasteiger partial charge is 0.477 e. The highest BCUT2D eigenvalue weighted by atomic mass is 19.3. The zero-order valence-electron chi connectivity index (χ0n) is 7.02. The average molecular weight is 199 g/mol. The summed E-state index contributed by atoms with van der Waals surface area (Å²) in [5, 5.41) is 15.5. The van der Waals surface area contributed by atoms with Crippen LogP contribution in [0.3, 0.4) is 0 Å². The fourth-order valence-electron chi connectivity index (χ4n) is 0.513. The quantitative estimate of drug-likeness (QED) is 0.751. The molecule has 0 amide bonds. The number of rotatable bonds is 1. The summed E-state index contributed by atoms with van der Waals surface area (Å²) in [6.45, 7) is 0. The highest BCUT2D eigenvalue weighted by Crippen LogP contribution is 1.93. The number of carbonyl (C=O) groups is 1. The number of benzene rings is 1. The Labute approximate surface area is 79.2 Å². The third-order valence-electron chi connectivity index (χ3n) is 1.09. The normalized spacial score (nSPS) is 8.43. The first-order chi connectivity index (χ1) is 6.57. The van der Waals surface area contributed by atoms with Crippen molar-refractivity contribution < 1.29 is 18.7 Å². The molecule has 0 unspecified atom stereocenters. The molecule has 0 aliphatic rings. The standard InChI is InChI=1S/C7H5N.C2H2F2O2/c8-6-7-4-2-1-3-5-7;3-1(4)2(5)6/h1-5H;1H,(H,5,6). The van der Waals surface area contributed by atoms with Crippen molar-refractivity contribution in [3.05, 3.63) is 35.9 Å². The minimum absolute atomic E-state index is 0.715. The molecule has 0 heterocycles. The molecule has 14 heavy (non-hydrogen) atoms. The minimum atomic E-state index is -3.23. The number of hydrogen-bond donors (Lipinski definition) is 1. The van der Waals surface area contributed by atoms with Gasteiger partial charge in [0.2, 0.25) is 0 Å². The van der Waals surface area contributed by atoms with E-state index in [2.05, 4.69) is 0 Å². The van der Waals surface area contributed by atoms with Gasteiger partial charge in [-0.1, -0.05) is 18.2 Å². The van der Waals surface area contributed by atoms with Gasteiger partial charge in [0.1, 0.15) is 0 Å². The van der Waals surface area contributed by atoms with Gasteiger partial charge in [0.15, 0.2) is 0 Å². The lowest BCUT2D eigenvalue weighted by Crippen LogP contribution is -2.06. The smallest absolute Gasteiger partial charge is 0.371 e. The molecule has 1 aromatic carbocycles. The first kappa shape index (κ1) is 12.0. The molecule has 0 spiro atoms. The zero-order valence-corrected chi connectivity index (χ0v) is 7.02. The number of carboxylic acid groups (broad SMARTS) is 1. The Bertz CT molecular complexity index is 319. The highest BCUT2D eigenvalue weighted by molar-refractivity contribution is 5.70. The van der Waals surface area contributed by atoms with E-state index in [4.69, 9.17) is 15.2 Å². The van der Waals surface area contributed by atoms with Gasteiger partial charge < -0.3 is 5.11 Å². The number of nitriles is 1. The summed E-state index contributed by atoms with van der Waals surface area (Å²) in [5.74, 6) is -2.07. The number of aliphatic carboxylic acids is 1. The molecule has 0 radical (unpaired) electrons. The summed E-state index contributed by atoms with van der Waals surface area (Å²) in [4.78, 5) is 8.95. The molecule has 5 heteroatoms. The second-order valence-electron chi connectivity index (χ2n) is 2.12. The molecular weight excluding hydrogens is 192 g/mol.